The summed E-state index contributed by atoms with van der Waals surface area (Å²) in [5, 5.41) is 0.743. The average molecular weight is 284 g/mol. The summed E-state index contributed by atoms with van der Waals surface area (Å²) in [6.45, 7) is 4.86. The zero-order chi connectivity index (χ0) is 14.1. The molecular weight excluding hydrogens is 258 g/mol. The molecule has 0 bridgehead atoms. The Balaban J connectivity index is 2.41. The summed E-state index contributed by atoms with van der Waals surface area (Å²) in [6.07, 6.45) is 6.42. The van der Waals surface area contributed by atoms with E-state index >= 15 is 0 Å². The molecule has 0 saturated carbocycles. The smallest absolute Gasteiger partial charge is 0.0950 e. The van der Waals surface area contributed by atoms with Crippen LogP contribution in [0.3, 0.4) is 0 Å². The topological polar surface area (TPSA) is 35.2 Å². The highest BCUT2D eigenvalue weighted by molar-refractivity contribution is 6.30. The van der Waals surface area contributed by atoms with Gasteiger partial charge < -0.3 is 10.5 Å². The van der Waals surface area contributed by atoms with Crippen LogP contribution in [0.25, 0.3) is 0 Å². The molecule has 1 aromatic rings. The van der Waals surface area contributed by atoms with E-state index in [2.05, 4.69) is 13.8 Å². The minimum absolute atomic E-state index is 0.0292. The first-order chi connectivity index (χ1) is 9.17. The molecule has 19 heavy (non-hydrogen) atoms. The Morgan fingerprint density at radius 3 is 2.42 bits per heavy atom. The lowest BCUT2D eigenvalue weighted by atomic mass is 10.1. The van der Waals surface area contributed by atoms with Crippen molar-refractivity contribution in [1.82, 2.24) is 0 Å². The summed E-state index contributed by atoms with van der Waals surface area (Å²) in [7, 11) is 0. The van der Waals surface area contributed by atoms with Crippen LogP contribution in [0.4, 0.5) is 0 Å². The maximum atomic E-state index is 6.04. The number of nitrogens with two attached hydrogens (primary N) is 1. The minimum atomic E-state index is -0.0292. The fourth-order valence-corrected chi connectivity index (χ4v) is 2.28. The van der Waals surface area contributed by atoms with Gasteiger partial charge in [0.1, 0.15) is 0 Å². The van der Waals surface area contributed by atoms with Crippen molar-refractivity contribution >= 4 is 11.6 Å². The van der Waals surface area contributed by atoms with Crippen molar-refractivity contribution in [3.63, 3.8) is 0 Å². The van der Waals surface area contributed by atoms with Gasteiger partial charge in [-0.2, -0.15) is 0 Å². The second-order valence-electron chi connectivity index (χ2n) is 5.07. The molecule has 0 radical (unpaired) electrons. The highest BCUT2D eigenvalue weighted by Crippen LogP contribution is 2.22. The molecule has 0 saturated heterocycles. The molecule has 2 nitrogen and oxygen atoms in total. The van der Waals surface area contributed by atoms with E-state index < -0.39 is 0 Å². The van der Waals surface area contributed by atoms with Gasteiger partial charge in [-0.25, -0.2) is 0 Å². The lowest BCUT2D eigenvalue weighted by Gasteiger charge is -2.21. The fraction of sp³-hybridized carbons (Fsp3) is 0.625. The van der Waals surface area contributed by atoms with Gasteiger partial charge in [-0.15, -0.1) is 0 Å². The van der Waals surface area contributed by atoms with Gasteiger partial charge in [0.2, 0.25) is 0 Å². The van der Waals surface area contributed by atoms with Gasteiger partial charge >= 0.3 is 0 Å². The first kappa shape index (κ1) is 16.5. The van der Waals surface area contributed by atoms with Gasteiger partial charge in [-0.1, -0.05) is 56.3 Å². The largest absolute Gasteiger partial charge is 0.369 e. The summed E-state index contributed by atoms with van der Waals surface area (Å²) in [4.78, 5) is 0. The van der Waals surface area contributed by atoms with Crippen LogP contribution in [-0.2, 0) is 4.74 Å². The maximum Gasteiger partial charge on any atom is 0.0950 e. The monoisotopic (exact) mass is 283 g/mol. The number of benzene rings is 1. The van der Waals surface area contributed by atoms with Crippen molar-refractivity contribution in [3.8, 4) is 0 Å². The molecule has 2 unspecified atom stereocenters. The molecule has 0 amide bonds. The number of unbranched alkanes of at least 4 members (excludes halogenated alkanes) is 3. The van der Waals surface area contributed by atoms with Gasteiger partial charge in [0.05, 0.1) is 12.2 Å². The van der Waals surface area contributed by atoms with Gasteiger partial charge in [-0.3, -0.25) is 0 Å². The molecule has 0 aliphatic carbocycles. The normalized spacial score (nSPS) is 14.3. The predicted molar refractivity (Wildman–Crippen MR) is 82.6 cm³/mol. The zero-order valence-electron chi connectivity index (χ0n) is 12.1. The lowest BCUT2D eigenvalue weighted by Crippen LogP contribution is -2.21. The van der Waals surface area contributed by atoms with Crippen LogP contribution < -0.4 is 5.73 Å². The third kappa shape index (κ3) is 6.42. The fourth-order valence-electron chi connectivity index (χ4n) is 2.15. The standard InChI is InChI=1S/C16H26ClNO/c1-3-4-5-6-7-13(2)19-16(12-18)14-8-10-15(17)11-9-14/h8-11,13,16H,3-7,12,18H2,1-2H3. The molecule has 1 aromatic carbocycles. The SMILES string of the molecule is CCCCCCC(C)OC(CN)c1ccc(Cl)cc1. The van der Waals surface area contributed by atoms with E-state index in [4.69, 9.17) is 22.1 Å². The predicted octanol–water partition coefficient (Wildman–Crippen LogP) is 4.72. The van der Waals surface area contributed by atoms with E-state index in [-0.39, 0.29) is 12.2 Å². The second-order valence-corrected chi connectivity index (χ2v) is 5.51. The summed E-state index contributed by atoms with van der Waals surface area (Å²) in [6, 6.07) is 7.75. The van der Waals surface area contributed by atoms with E-state index in [1.807, 2.05) is 24.3 Å². The van der Waals surface area contributed by atoms with E-state index in [9.17, 15) is 0 Å². The zero-order valence-corrected chi connectivity index (χ0v) is 12.8. The summed E-state index contributed by atoms with van der Waals surface area (Å²) in [5.74, 6) is 0. The molecular formula is C16H26ClNO. The Labute approximate surface area is 122 Å². The van der Waals surface area contributed by atoms with Crippen LogP contribution in [0.15, 0.2) is 24.3 Å². The molecule has 2 atom stereocenters. The van der Waals surface area contributed by atoms with Crippen LogP contribution in [0.1, 0.15) is 57.6 Å². The van der Waals surface area contributed by atoms with Crippen LogP contribution in [0.5, 0.6) is 0 Å². The van der Waals surface area contributed by atoms with Crippen molar-refractivity contribution in [2.24, 2.45) is 5.73 Å². The van der Waals surface area contributed by atoms with Crippen molar-refractivity contribution in [3.05, 3.63) is 34.9 Å². The molecule has 108 valence electrons. The quantitative estimate of drug-likeness (QED) is 0.666. The Hall–Kier alpha value is -0.570. The first-order valence-electron chi connectivity index (χ1n) is 7.28. The van der Waals surface area contributed by atoms with E-state index in [1.165, 1.54) is 25.7 Å². The molecule has 0 aromatic heterocycles. The van der Waals surface area contributed by atoms with Crippen LogP contribution >= 0.6 is 11.6 Å². The second kappa shape index (κ2) is 9.35. The van der Waals surface area contributed by atoms with Crippen molar-refractivity contribution < 1.29 is 4.74 Å². The molecule has 3 heteroatoms. The number of ether oxygens (including phenoxy) is 1. The number of halogens is 1. The molecule has 1 rings (SSSR count). The number of hydrogen-bond acceptors (Lipinski definition) is 2. The van der Waals surface area contributed by atoms with Crippen LogP contribution in [-0.4, -0.2) is 12.6 Å². The van der Waals surface area contributed by atoms with Crippen molar-refractivity contribution in [2.45, 2.75) is 58.2 Å². The Bertz CT molecular complexity index is 339. The molecule has 0 aliphatic rings. The summed E-state index contributed by atoms with van der Waals surface area (Å²) in [5.41, 5.74) is 6.91. The minimum Gasteiger partial charge on any atom is -0.369 e. The summed E-state index contributed by atoms with van der Waals surface area (Å²) >= 11 is 5.89. The molecule has 0 spiro atoms. The summed E-state index contributed by atoms with van der Waals surface area (Å²) < 4.78 is 6.04. The van der Waals surface area contributed by atoms with E-state index in [0.29, 0.717) is 6.54 Å². The van der Waals surface area contributed by atoms with Crippen molar-refractivity contribution in [2.75, 3.05) is 6.54 Å². The molecule has 0 fully saturated rings. The first-order valence-corrected chi connectivity index (χ1v) is 7.66. The maximum absolute atomic E-state index is 6.04. The Kier molecular flexibility index (Phi) is 8.11. The lowest BCUT2D eigenvalue weighted by molar-refractivity contribution is -0.00373. The third-order valence-electron chi connectivity index (χ3n) is 3.32. The highest BCUT2D eigenvalue weighted by Gasteiger charge is 2.13. The van der Waals surface area contributed by atoms with Crippen LogP contribution in [0, 0.1) is 0 Å². The van der Waals surface area contributed by atoms with Gasteiger partial charge in [0.15, 0.2) is 0 Å². The number of rotatable bonds is 9. The third-order valence-corrected chi connectivity index (χ3v) is 3.57. The Morgan fingerprint density at radius 2 is 1.84 bits per heavy atom. The molecule has 2 N–H and O–H groups in total. The highest BCUT2D eigenvalue weighted by atomic mass is 35.5. The molecule has 0 heterocycles. The van der Waals surface area contributed by atoms with Gasteiger partial charge in [0, 0.05) is 11.6 Å². The van der Waals surface area contributed by atoms with E-state index in [1.54, 1.807) is 0 Å². The average Bonchev–Trinajstić information content (AvgIpc) is 2.42. The van der Waals surface area contributed by atoms with Gasteiger partial charge in [-0.05, 0) is 31.0 Å². The molecule has 0 aliphatic heterocycles. The van der Waals surface area contributed by atoms with Gasteiger partial charge in [0.25, 0.3) is 0 Å². The van der Waals surface area contributed by atoms with Crippen LogP contribution in [0.2, 0.25) is 5.02 Å². The van der Waals surface area contributed by atoms with Crippen molar-refractivity contribution in [1.29, 1.82) is 0 Å². The van der Waals surface area contributed by atoms with E-state index in [0.717, 1.165) is 17.0 Å². The number of hydrogen-bond donors (Lipinski definition) is 1. The Morgan fingerprint density at radius 1 is 1.16 bits per heavy atom.